The zero-order valence-corrected chi connectivity index (χ0v) is 16.8. The number of ether oxygens (including phenoxy) is 3. The van der Waals surface area contributed by atoms with Crippen LogP contribution in [0.15, 0.2) is 59.5 Å². The van der Waals surface area contributed by atoms with Crippen LogP contribution in [0.3, 0.4) is 0 Å². The van der Waals surface area contributed by atoms with E-state index in [0.29, 0.717) is 0 Å². The molecule has 0 radical (unpaired) electrons. The third kappa shape index (κ3) is 4.79. The van der Waals surface area contributed by atoms with Crippen molar-refractivity contribution in [1.29, 1.82) is 0 Å². The molecule has 0 atom stereocenters. The van der Waals surface area contributed by atoms with E-state index in [-0.39, 0.29) is 30.5 Å². The van der Waals surface area contributed by atoms with Gasteiger partial charge in [0.15, 0.2) is 16.1 Å². The number of hydrogen-bond donors (Lipinski definition) is 0. The molecule has 0 aromatic heterocycles. The maximum absolute atomic E-state index is 12.5. The highest BCUT2D eigenvalue weighted by atomic mass is 32.2. The van der Waals surface area contributed by atoms with Crippen LogP contribution in [0, 0.1) is 12.3 Å². The van der Waals surface area contributed by atoms with E-state index in [1.807, 2.05) is 37.3 Å². The van der Waals surface area contributed by atoms with Gasteiger partial charge in [-0.1, -0.05) is 48.0 Å². The van der Waals surface area contributed by atoms with Gasteiger partial charge in [0, 0.05) is 5.56 Å². The molecule has 0 unspecified atom stereocenters. The highest BCUT2D eigenvalue weighted by molar-refractivity contribution is 7.91. The summed E-state index contributed by atoms with van der Waals surface area (Å²) in [5, 5.41) is 0. The summed E-state index contributed by atoms with van der Waals surface area (Å²) in [7, 11) is -3.51. The molecule has 6 nitrogen and oxygen atoms in total. The van der Waals surface area contributed by atoms with E-state index < -0.39 is 27.5 Å². The van der Waals surface area contributed by atoms with Gasteiger partial charge in [-0.25, -0.2) is 8.42 Å². The van der Waals surface area contributed by atoms with E-state index in [0.717, 1.165) is 11.1 Å². The number of hydrogen-bond acceptors (Lipinski definition) is 6. The standard InChI is InChI=1S/C21H24O6S/c1-16-8-10-18(11-9-16)28(23,24)13-12-25-20(22)21(2)14-26-19(27-15-21)17-6-4-3-5-7-17/h3-11,19H,12-15H2,1-2H3. The highest BCUT2D eigenvalue weighted by Gasteiger charge is 2.41. The van der Waals surface area contributed by atoms with Crippen molar-refractivity contribution in [2.24, 2.45) is 5.41 Å². The van der Waals surface area contributed by atoms with E-state index >= 15 is 0 Å². The monoisotopic (exact) mass is 404 g/mol. The number of esters is 1. The second-order valence-electron chi connectivity index (χ2n) is 7.19. The summed E-state index contributed by atoms with van der Waals surface area (Å²) in [5.74, 6) is -0.801. The molecule has 1 saturated heterocycles. The van der Waals surface area contributed by atoms with Gasteiger partial charge in [-0.05, 0) is 26.0 Å². The van der Waals surface area contributed by atoms with Crippen LogP contribution in [0.5, 0.6) is 0 Å². The first-order chi connectivity index (χ1) is 13.3. The summed E-state index contributed by atoms with van der Waals surface area (Å²) in [6, 6.07) is 16.0. The first-order valence-corrected chi connectivity index (χ1v) is 10.7. The molecule has 0 bridgehead atoms. The van der Waals surface area contributed by atoms with Crippen molar-refractivity contribution in [1.82, 2.24) is 0 Å². The Bertz CT molecular complexity index is 898. The predicted octanol–water partition coefficient (Wildman–Crippen LogP) is 3.06. The van der Waals surface area contributed by atoms with Gasteiger partial charge in [0.1, 0.15) is 12.0 Å². The molecule has 28 heavy (non-hydrogen) atoms. The number of benzene rings is 2. The van der Waals surface area contributed by atoms with Crippen molar-refractivity contribution >= 4 is 15.8 Å². The van der Waals surface area contributed by atoms with Crippen LogP contribution in [-0.2, 0) is 28.8 Å². The zero-order valence-electron chi connectivity index (χ0n) is 16.0. The van der Waals surface area contributed by atoms with Gasteiger partial charge in [0.25, 0.3) is 0 Å². The van der Waals surface area contributed by atoms with Crippen LogP contribution in [0.4, 0.5) is 0 Å². The third-order valence-electron chi connectivity index (χ3n) is 4.64. The van der Waals surface area contributed by atoms with Gasteiger partial charge in [-0.3, -0.25) is 4.79 Å². The highest BCUT2D eigenvalue weighted by Crippen LogP contribution is 2.32. The normalized spacial score (nSPS) is 22.6. The molecule has 2 aromatic rings. The average molecular weight is 404 g/mol. The smallest absolute Gasteiger partial charge is 0.316 e. The fourth-order valence-electron chi connectivity index (χ4n) is 2.81. The molecule has 0 N–H and O–H groups in total. The Kier molecular flexibility index (Phi) is 6.17. The first kappa shape index (κ1) is 20.5. The summed E-state index contributed by atoms with van der Waals surface area (Å²) >= 11 is 0. The van der Waals surface area contributed by atoms with Gasteiger partial charge >= 0.3 is 5.97 Å². The number of sulfone groups is 1. The zero-order chi connectivity index (χ0) is 20.2. The minimum Gasteiger partial charge on any atom is -0.464 e. The minimum atomic E-state index is -3.51. The molecule has 1 fully saturated rings. The Labute approximate surface area is 165 Å². The summed E-state index contributed by atoms with van der Waals surface area (Å²) in [6.07, 6.45) is -0.524. The van der Waals surface area contributed by atoms with Crippen LogP contribution in [0.2, 0.25) is 0 Å². The molecule has 7 heteroatoms. The van der Waals surface area contributed by atoms with Gasteiger partial charge in [-0.2, -0.15) is 0 Å². The average Bonchev–Trinajstić information content (AvgIpc) is 2.69. The molecule has 1 aliphatic rings. The first-order valence-electron chi connectivity index (χ1n) is 9.05. The van der Waals surface area contributed by atoms with E-state index in [9.17, 15) is 13.2 Å². The SMILES string of the molecule is Cc1ccc(S(=O)(=O)CCOC(=O)C2(C)COC(c3ccccc3)OC2)cc1. The van der Waals surface area contributed by atoms with Crippen molar-refractivity contribution in [3.8, 4) is 0 Å². The minimum absolute atomic E-state index is 0.135. The number of rotatable bonds is 6. The summed E-state index contributed by atoms with van der Waals surface area (Å²) < 4.78 is 41.3. The summed E-state index contributed by atoms with van der Waals surface area (Å²) in [4.78, 5) is 12.7. The lowest BCUT2D eigenvalue weighted by atomic mass is 9.92. The quantitative estimate of drug-likeness (QED) is 0.689. The van der Waals surface area contributed by atoms with Crippen molar-refractivity contribution in [3.63, 3.8) is 0 Å². The topological polar surface area (TPSA) is 78.9 Å². The fourth-order valence-corrected chi connectivity index (χ4v) is 3.90. The van der Waals surface area contributed by atoms with Crippen LogP contribution >= 0.6 is 0 Å². The Hall–Kier alpha value is -2.22. The molecule has 1 aliphatic heterocycles. The number of carbonyl (C=O) groups is 1. The van der Waals surface area contributed by atoms with E-state index in [4.69, 9.17) is 14.2 Å². The molecule has 0 amide bonds. The van der Waals surface area contributed by atoms with Crippen molar-refractivity contribution in [2.45, 2.75) is 25.0 Å². The van der Waals surface area contributed by atoms with Crippen molar-refractivity contribution < 1.29 is 27.4 Å². The second kappa shape index (κ2) is 8.43. The van der Waals surface area contributed by atoms with Gasteiger partial charge in [-0.15, -0.1) is 0 Å². The third-order valence-corrected chi connectivity index (χ3v) is 6.33. The molecule has 0 spiro atoms. The maximum Gasteiger partial charge on any atom is 0.316 e. The lowest BCUT2D eigenvalue weighted by Gasteiger charge is -2.35. The van der Waals surface area contributed by atoms with Crippen LogP contribution in [-0.4, -0.2) is 40.0 Å². The summed E-state index contributed by atoms with van der Waals surface area (Å²) in [6.45, 7) is 3.62. The number of carbonyl (C=O) groups excluding carboxylic acids is 1. The Morgan fingerprint density at radius 3 is 2.29 bits per heavy atom. The second-order valence-corrected chi connectivity index (χ2v) is 9.30. The van der Waals surface area contributed by atoms with E-state index in [2.05, 4.69) is 0 Å². The van der Waals surface area contributed by atoms with E-state index in [1.54, 1.807) is 31.2 Å². The molecule has 0 saturated carbocycles. The largest absolute Gasteiger partial charge is 0.464 e. The molecule has 150 valence electrons. The van der Waals surface area contributed by atoms with Gasteiger partial charge in [0.05, 0.1) is 23.9 Å². The predicted molar refractivity (Wildman–Crippen MR) is 103 cm³/mol. The lowest BCUT2D eigenvalue weighted by molar-refractivity contribution is -0.236. The van der Waals surface area contributed by atoms with E-state index in [1.165, 1.54) is 0 Å². The van der Waals surface area contributed by atoms with Crippen LogP contribution in [0.1, 0.15) is 24.3 Å². The Balaban J connectivity index is 1.51. The number of aryl methyl sites for hydroxylation is 1. The summed E-state index contributed by atoms with van der Waals surface area (Å²) in [5.41, 5.74) is 0.880. The molecule has 2 aromatic carbocycles. The molecular weight excluding hydrogens is 380 g/mol. The maximum atomic E-state index is 12.5. The van der Waals surface area contributed by atoms with Crippen LogP contribution < -0.4 is 0 Å². The van der Waals surface area contributed by atoms with Gasteiger partial charge < -0.3 is 14.2 Å². The molecule has 0 aliphatic carbocycles. The lowest BCUT2D eigenvalue weighted by Crippen LogP contribution is -2.44. The Morgan fingerprint density at radius 2 is 1.68 bits per heavy atom. The van der Waals surface area contributed by atoms with Crippen molar-refractivity contribution in [3.05, 3.63) is 65.7 Å². The Morgan fingerprint density at radius 1 is 1.07 bits per heavy atom. The molecule has 1 heterocycles. The molecular formula is C21H24O6S. The van der Waals surface area contributed by atoms with Gasteiger partial charge in [0.2, 0.25) is 0 Å². The van der Waals surface area contributed by atoms with Crippen molar-refractivity contribution in [2.75, 3.05) is 25.6 Å². The molecule has 3 rings (SSSR count). The fraction of sp³-hybridized carbons (Fsp3) is 0.381. The van der Waals surface area contributed by atoms with Crippen LogP contribution in [0.25, 0.3) is 0 Å².